The standard InChI is InChI=1S/C23H31NO2/c1-5-21(3)22(4)14-18-7-8-19(25)13-20(18)23(21,6-2)10-11-24(22)15-17-9-12-26-16-17/h7-9,12-13,16,25H,5-6,10-11,14-15H2,1-4H3/t21?,22-,23+/m1/s1. The normalized spacial score (nSPS) is 33.8. The Bertz CT molecular complexity index is 799. The molecule has 2 aromatic rings. The van der Waals surface area contributed by atoms with E-state index in [2.05, 4.69) is 50.8 Å². The van der Waals surface area contributed by atoms with E-state index in [1.54, 1.807) is 6.26 Å². The maximum atomic E-state index is 10.2. The second kappa shape index (κ2) is 5.88. The fourth-order valence-electron chi connectivity index (χ4n) is 6.32. The Hall–Kier alpha value is -1.74. The van der Waals surface area contributed by atoms with Crippen molar-refractivity contribution in [2.45, 2.75) is 70.9 Å². The van der Waals surface area contributed by atoms with Crippen LogP contribution in [0.1, 0.15) is 63.6 Å². The lowest BCUT2D eigenvalue weighted by atomic mass is 9.43. The highest BCUT2D eigenvalue weighted by Gasteiger charge is 2.64. The van der Waals surface area contributed by atoms with Gasteiger partial charge in [-0.25, -0.2) is 0 Å². The van der Waals surface area contributed by atoms with E-state index >= 15 is 0 Å². The Balaban J connectivity index is 1.88. The summed E-state index contributed by atoms with van der Waals surface area (Å²) in [6.45, 7) is 11.7. The van der Waals surface area contributed by atoms with Crippen LogP contribution < -0.4 is 0 Å². The third-order valence-electron chi connectivity index (χ3n) is 8.16. The number of furan rings is 1. The molecule has 1 saturated heterocycles. The van der Waals surface area contributed by atoms with Crippen LogP contribution in [0.15, 0.2) is 41.2 Å². The molecule has 3 heteroatoms. The smallest absolute Gasteiger partial charge is 0.115 e. The average molecular weight is 354 g/mol. The average Bonchev–Trinajstić information content (AvgIpc) is 3.14. The third kappa shape index (κ3) is 2.10. The molecule has 1 aliphatic carbocycles. The summed E-state index contributed by atoms with van der Waals surface area (Å²) in [5.41, 5.74) is 4.41. The van der Waals surface area contributed by atoms with Crippen molar-refractivity contribution in [2.24, 2.45) is 5.41 Å². The molecular formula is C23H31NO2. The summed E-state index contributed by atoms with van der Waals surface area (Å²) in [6, 6.07) is 8.15. The summed E-state index contributed by atoms with van der Waals surface area (Å²) in [6.07, 6.45) is 8.07. The highest BCUT2D eigenvalue weighted by atomic mass is 16.3. The maximum Gasteiger partial charge on any atom is 0.115 e. The van der Waals surface area contributed by atoms with Crippen molar-refractivity contribution in [3.8, 4) is 5.75 Å². The predicted octanol–water partition coefficient (Wildman–Crippen LogP) is 5.27. The molecule has 2 bridgehead atoms. The Morgan fingerprint density at radius 2 is 1.96 bits per heavy atom. The Morgan fingerprint density at radius 1 is 1.15 bits per heavy atom. The number of hydrogen-bond acceptors (Lipinski definition) is 3. The van der Waals surface area contributed by atoms with Crippen LogP contribution in [0.2, 0.25) is 0 Å². The number of rotatable bonds is 4. The van der Waals surface area contributed by atoms with Gasteiger partial charge in [0.2, 0.25) is 0 Å². The van der Waals surface area contributed by atoms with Crippen LogP contribution in [0.3, 0.4) is 0 Å². The summed E-state index contributed by atoms with van der Waals surface area (Å²) in [5.74, 6) is 0.402. The molecule has 1 aromatic carbocycles. The van der Waals surface area contributed by atoms with E-state index in [4.69, 9.17) is 4.42 Å². The number of nitrogens with zero attached hydrogens (tertiary/aromatic N) is 1. The molecule has 2 heterocycles. The van der Waals surface area contributed by atoms with Gasteiger partial charge in [-0.15, -0.1) is 0 Å². The highest BCUT2D eigenvalue weighted by molar-refractivity contribution is 5.48. The van der Waals surface area contributed by atoms with Crippen molar-refractivity contribution in [2.75, 3.05) is 6.54 Å². The molecule has 1 aliphatic heterocycles. The molecule has 2 aliphatic rings. The molecular weight excluding hydrogens is 322 g/mol. The molecule has 3 atom stereocenters. The second-order valence-electron chi connectivity index (χ2n) is 8.72. The zero-order chi connectivity index (χ0) is 18.6. The molecule has 0 saturated carbocycles. The summed E-state index contributed by atoms with van der Waals surface area (Å²) in [5, 5.41) is 10.2. The number of hydrogen-bond donors (Lipinski definition) is 1. The van der Waals surface area contributed by atoms with Crippen LogP contribution in [-0.4, -0.2) is 22.1 Å². The minimum Gasteiger partial charge on any atom is -0.508 e. The lowest BCUT2D eigenvalue weighted by Gasteiger charge is -2.69. The van der Waals surface area contributed by atoms with Crippen LogP contribution in [0.4, 0.5) is 0 Å². The number of aromatic hydroxyl groups is 1. The molecule has 1 fully saturated rings. The van der Waals surface area contributed by atoms with Crippen LogP contribution in [0, 0.1) is 5.41 Å². The molecule has 1 unspecified atom stereocenters. The number of phenols is 1. The summed E-state index contributed by atoms with van der Waals surface area (Å²) in [4.78, 5) is 2.69. The van der Waals surface area contributed by atoms with E-state index in [1.165, 1.54) is 16.7 Å². The van der Waals surface area contributed by atoms with Crippen molar-refractivity contribution in [1.29, 1.82) is 0 Å². The zero-order valence-electron chi connectivity index (χ0n) is 16.5. The zero-order valence-corrected chi connectivity index (χ0v) is 16.5. The van der Waals surface area contributed by atoms with Crippen molar-refractivity contribution in [3.63, 3.8) is 0 Å². The lowest BCUT2D eigenvalue weighted by molar-refractivity contribution is -0.129. The van der Waals surface area contributed by atoms with Crippen LogP contribution in [0.25, 0.3) is 0 Å². The van der Waals surface area contributed by atoms with Gasteiger partial charge in [0, 0.05) is 23.1 Å². The Morgan fingerprint density at radius 3 is 2.62 bits per heavy atom. The molecule has 26 heavy (non-hydrogen) atoms. The molecule has 1 N–H and O–H groups in total. The van der Waals surface area contributed by atoms with E-state index in [0.717, 1.165) is 38.8 Å². The molecule has 3 nitrogen and oxygen atoms in total. The van der Waals surface area contributed by atoms with Gasteiger partial charge in [-0.2, -0.15) is 0 Å². The van der Waals surface area contributed by atoms with Gasteiger partial charge < -0.3 is 9.52 Å². The minimum atomic E-state index is 0.0806. The first kappa shape index (κ1) is 17.7. The topological polar surface area (TPSA) is 36.6 Å². The van der Waals surface area contributed by atoms with Crippen molar-refractivity contribution >= 4 is 0 Å². The molecule has 4 rings (SSSR count). The summed E-state index contributed by atoms with van der Waals surface area (Å²) in [7, 11) is 0. The largest absolute Gasteiger partial charge is 0.508 e. The van der Waals surface area contributed by atoms with E-state index < -0.39 is 0 Å². The van der Waals surface area contributed by atoms with E-state index in [0.29, 0.717) is 5.75 Å². The van der Waals surface area contributed by atoms with Gasteiger partial charge >= 0.3 is 0 Å². The molecule has 140 valence electrons. The molecule has 0 amide bonds. The third-order valence-corrected chi connectivity index (χ3v) is 8.16. The predicted molar refractivity (Wildman–Crippen MR) is 104 cm³/mol. The first-order valence-electron chi connectivity index (χ1n) is 9.99. The minimum absolute atomic E-state index is 0.0806. The monoisotopic (exact) mass is 353 g/mol. The Kier molecular flexibility index (Phi) is 4.00. The first-order chi connectivity index (χ1) is 12.4. The Labute approximate surface area is 157 Å². The van der Waals surface area contributed by atoms with Gasteiger partial charge in [-0.1, -0.05) is 26.8 Å². The van der Waals surface area contributed by atoms with Gasteiger partial charge in [0.25, 0.3) is 0 Å². The number of phenolic OH excluding ortho intramolecular Hbond substituents is 1. The number of fused-ring (bicyclic) bond motifs is 4. The molecule has 0 radical (unpaired) electrons. The first-order valence-corrected chi connectivity index (χ1v) is 9.99. The number of piperidine rings is 1. The molecule has 0 spiro atoms. The van der Waals surface area contributed by atoms with Crippen LogP contribution in [0.5, 0.6) is 5.75 Å². The van der Waals surface area contributed by atoms with Gasteiger partial charge in [-0.3, -0.25) is 4.90 Å². The van der Waals surface area contributed by atoms with Gasteiger partial charge in [0.05, 0.1) is 12.5 Å². The number of benzene rings is 1. The van der Waals surface area contributed by atoms with Gasteiger partial charge in [0.15, 0.2) is 0 Å². The van der Waals surface area contributed by atoms with Crippen LogP contribution >= 0.6 is 0 Å². The maximum absolute atomic E-state index is 10.2. The van der Waals surface area contributed by atoms with Crippen molar-refractivity contribution < 1.29 is 9.52 Å². The van der Waals surface area contributed by atoms with Crippen molar-refractivity contribution in [1.82, 2.24) is 4.90 Å². The van der Waals surface area contributed by atoms with E-state index in [1.807, 2.05) is 12.3 Å². The number of likely N-dealkylation sites (tertiary alicyclic amines) is 1. The fraction of sp³-hybridized carbons (Fsp3) is 0.565. The van der Waals surface area contributed by atoms with Crippen LogP contribution in [-0.2, 0) is 18.4 Å². The lowest BCUT2D eigenvalue weighted by Crippen LogP contribution is -2.72. The van der Waals surface area contributed by atoms with Gasteiger partial charge in [-0.05, 0) is 73.9 Å². The van der Waals surface area contributed by atoms with Crippen molar-refractivity contribution in [3.05, 3.63) is 53.5 Å². The highest BCUT2D eigenvalue weighted by Crippen LogP contribution is 2.64. The fourth-order valence-corrected chi connectivity index (χ4v) is 6.32. The summed E-state index contributed by atoms with van der Waals surface area (Å²) < 4.78 is 5.33. The summed E-state index contributed by atoms with van der Waals surface area (Å²) >= 11 is 0. The van der Waals surface area contributed by atoms with Gasteiger partial charge in [0.1, 0.15) is 5.75 Å². The van der Waals surface area contributed by atoms with E-state index in [9.17, 15) is 5.11 Å². The molecule has 1 aromatic heterocycles. The second-order valence-corrected chi connectivity index (χ2v) is 8.72. The van der Waals surface area contributed by atoms with E-state index in [-0.39, 0.29) is 16.4 Å². The SMILES string of the molecule is CCC1(C)[C@@]2(CC)CCN(Cc3ccoc3)[C@]1(C)Cc1ccc(O)cc12. The quantitative estimate of drug-likeness (QED) is 0.813.